The molecule has 4 heteroatoms. The molecule has 1 saturated heterocycles. The summed E-state index contributed by atoms with van der Waals surface area (Å²) in [5, 5.41) is 12.7. The van der Waals surface area contributed by atoms with Crippen molar-refractivity contribution in [2.45, 2.75) is 51.7 Å². The van der Waals surface area contributed by atoms with Crippen LogP contribution in [-0.4, -0.2) is 47.2 Å². The number of aliphatic hydroxyl groups is 1. The summed E-state index contributed by atoms with van der Waals surface area (Å²) < 4.78 is 0. The van der Waals surface area contributed by atoms with Gasteiger partial charge in [-0.25, -0.2) is 0 Å². The molecule has 1 heterocycles. The zero-order valence-electron chi connectivity index (χ0n) is 10.6. The van der Waals surface area contributed by atoms with Gasteiger partial charge in [-0.2, -0.15) is 0 Å². The van der Waals surface area contributed by atoms with E-state index < -0.39 is 5.60 Å². The molecule has 0 spiro atoms. The van der Waals surface area contributed by atoms with Gasteiger partial charge in [0.15, 0.2) is 0 Å². The summed E-state index contributed by atoms with van der Waals surface area (Å²) in [4.78, 5) is 13.9. The van der Waals surface area contributed by atoms with Crippen molar-refractivity contribution in [3.05, 3.63) is 0 Å². The lowest BCUT2D eigenvalue weighted by molar-refractivity contribution is -0.127. The molecular weight excluding hydrogens is 204 g/mol. The van der Waals surface area contributed by atoms with E-state index in [0.29, 0.717) is 0 Å². The lowest BCUT2D eigenvalue weighted by Gasteiger charge is -2.38. The highest BCUT2D eigenvalue weighted by Crippen LogP contribution is 2.22. The van der Waals surface area contributed by atoms with Crippen molar-refractivity contribution in [2.24, 2.45) is 0 Å². The highest BCUT2D eigenvalue weighted by atomic mass is 16.3. The summed E-state index contributed by atoms with van der Waals surface area (Å²) in [6.07, 6.45) is 2.46. The van der Waals surface area contributed by atoms with Gasteiger partial charge < -0.3 is 10.4 Å². The van der Waals surface area contributed by atoms with E-state index in [1.807, 2.05) is 20.8 Å². The van der Waals surface area contributed by atoms with Crippen LogP contribution in [0.5, 0.6) is 0 Å². The van der Waals surface area contributed by atoms with Gasteiger partial charge in [0.1, 0.15) is 0 Å². The third-order valence-electron chi connectivity index (χ3n) is 3.35. The SMILES string of the molecule is CCCNC(=O)C(C)N1CCC(C)(O)CC1. The van der Waals surface area contributed by atoms with Crippen molar-refractivity contribution in [2.75, 3.05) is 19.6 Å². The summed E-state index contributed by atoms with van der Waals surface area (Å²) in [5.74, 6) is 0.100. The fourth-order valence-corrected chi connectivity index (χ4v) is 1.95. The van der Waals surface area contributed by atoms with Gasteiger partial charge in [0.2, 0.25) is 5.91 Å². The second-order valence-corrected chi connectivity index (χ2v) is 5.00. The van der Waals surface area contributed by atoms with E-state index in [2.05, 4.69) is 10.2 Å². The summed E-state index contributed by atoms with van der Waals surface area (Å²) in [5.41, 5.74) is -0.546. The average Bonchev–Trinajstić information content (AvgIpc) is 2.25. The van der Waals surface area contributed by atoms with E-state index in [4.69, 9.17) is 0 Å². The summed E-state index contributed by atoms with van der Waals surface area (Å²) in [6.45, 7) is 8.19. The third-order valence-corrected chi connectivity index (χ3v) is 3.35. The summed E-state index contributed by atoms with van der Waals surface area (Å²) in [6, 6.07) is -0.0809. The maximum atomic E-state index is 11.7. The first-order chi connectivity index (χ1) is 7.46. The van der Waals surface area contributed by atoms with E-state index in [1.54, 1.807) is 0 Å². The van der Waals surface area contributed by atoms with Crippen molar-refractivity contribution in [3.8, 4) is 0 Å². The molecule has 0 bridgehead atoms. The average molecular weight is 228 g/mol. The number of carbonyl (C=O) groups excluding carboxylic acids is 1. The Morgan fingerprint density at radius 3 is 2.56 bits per heavy atom. The monoisotopic (exact) mass is 228 g/mol. The zero-order valence-corrected chi connectivity index (χ0v) is 10.6. The number of amides is 1. The Labute approximate surface area is 98.0 Å². The van der Waals surface area contributed by atoms with Crippen molar-refractivity contribution in [1.29, 1.82) is 0 Å². The van der Waals surface area contributed by atoms with Gasteiger partial charge in [-0.3, -0.25) is 9.69 Å². The van der Waals surface area contributed by atoms with Gasteiger partial charge in [-0.05, 0) is 33.1 Å². The van der Waals surface area contributed by atoms with Gasteiger partial charge in [-0.1, -0.05) is 6.92 Å². The molecule has 1 aliphatic rings. The Morgan fingerprint density at radius 1 is 1.50 bits per heavy atom. The number of hydrogen-bond donors (Lipinski definition) is 2. The molecule has 0 aliphatic carbocycles. The number of nitrogens with one attached hydrogen (secondary N) is 1. The normalized spacial score (nSPS) is 22.8. The Morgan fingerprint density at radius 2 is 2.06 bits per heavy atom. The predicted octanol–water partition coefficient (Wildman–Crippen LogP) is 0.748. The van der Waals surface area contributed by atoms with Crippen LogP contribution in [0.25, 0.3) is 0 Å². The lowest BCUT2D eigenvalue weighted by atomic mass is 9.93. The van der Waals surface area contributed by atoms with Crippen LogP contribution in [0.2, 0.25) is 0 Å². The van der Waals surface area contributed by atoms with Crippen molar-refractivity contribution in [3.63, 3.8) is 0 Å². The van der Waals surface area contributed by atoms with Crippen molar-refractivity contribution < 1.29 is 9.90 Å². The second-order valence-electron chi connectivity index (χ2n) is 5.00. The maximum absolute atomic E-state index is 11.7. The van der Waals surface area contributed by atoms with Gasteiger partial charge >= 0.3 is 0 Å². The zero-order chi connectivity index (χ0) is 12.2. The Balaban J connectivity index is 2.38. The maximum Gasteiger partial charge on any atom is 0.237 e. The van der Waals surface area contributed by atoms with Crippen LogP contribution in [0, 0.1) is 0 Å². The van der Waals surface area contributed by atoms with Crippen LogP contribution < -0.4 is 5.32 Å². The molecule has 1 unspecified atom stereocenters. The lowest BCUT2D eigenvalue weighted by Crippen LogP contribution is -2.51. The molecule has 0 aromatic rings. The molecule has 1 rings (SSSR count). The minimum absolute atomic E-state index is 0.0809. The molecule has 1 aliphatic heterocycles. The smallest absolute Gasteiger partial charge is 0.237 e. The van der Waals surface area contributed by atoms with E-state index in [-0.39, 0.29) is 11.9 Å². The standard InChI is InChI=1S/C12H24N2O2/c1-4-7-13-11(15)10(2)14-8-5-12(3,16)6-9-14/h10,16H,4-9H2,1-3H3,(H,13,15). The molecule has 1 fully saturated rings. The number of carbonyl (C=O) groups is 1. The van der Waals surface area contributed by atoms with Gasteiger partial charge in [0, 0.05) is 19.6 Å². The van der Waals surface area contributed by atoms with Gasteiger partial charge in [0.25, 0.3) is 0 Å². The quantitative estimate of drug-likeness (QED) is 0.746. The van der Waals surface area contributed by atoms with Crippen LogP contribution in [0.1, 0.15) is 40.0 Å². The highest BCUT2D eigenvalue weighted by molar-refractivity contribution is 5.81. The summed E-state index contributed by atoms with van der Waals surface area (Å²) in [7, 11) is 0. The van der Waals surface area contributed by atoms with E-state index >= 15 is 0 Å². The van der Waals surface area contributed by atoms with Crippen LogP contribution in [0.4, 0.5) is 0 Å². The van der Waals surface area contributed by atoms with E-state index in [0.717, 1.165) is 38.9 Å². The first-order valence-electron chi connectivity index (χ1n) is 6.20. The van der Waals surface area contributed by atoms with Crippen LogP contribution in [0.15, 0.2) is 0 Å². The molecule has 0 aromatic heterocycles. The Kier molecular flexibility index (Phi) is 4.74. The van der Waals surface area contributed by atoms with Crippen molar-refractivity contribution >= 4 is 5.91 Å². The molecule has 94 valence electrons. The predicted molar refractivity (Wildman–Crippen MR) is 64.2 cm³/mol. The number of rotatable bonds is 4. The van der Waals surface area contributed by atoms with Gasteiger partial charge in [-0.15, -0.1) is 0 Å². The van der Waals surface area contributed by atoms with E-state index in [9.17, 15) is 9.90 Å². The molecule has 0 saturated carbocycles. The number of hydrogen-bond acceptors (Lipinski definition) is 3. The minimum atomic E-state index is -0.546. The summed E-state index contributed by atoms with van der Waals surface area (Å²) >= 11 is 0. The molecular formula is C12H24N2O2. The Hall–Kier alpha value is -0.610. The number of likely N-dealkylation sites (tertiary alicyclic amines) is 1. The van der Waals surface area contributed by atoms with E-state index in [1.165, 1.54) is 0 Å². The molecule has 0 radical (unpaired) electrons. The second kappa shape index (κ2) is 5.64. The Bertz CT molecular complexity index is 231. The third kappa shape index (κ3) is 3.76. The van der Waals surface area contributed by atoms with Crippen LogP contribution in [-0.2, 0) is 4.79 Å². The molecule has 1 atom stereocenters. The first kappa shape index (κ1) is 13.5. The molecule has 1 amide bonds. The van der Waals surface area contributed by atoms with Gasteiger partial charge in [0.05, 0.1) is 11.6 Å². The fraction of sp³-hybridized carbons (Fsp3) is 0.917. The van der Waals surface area contributed by atoms with Crippen LogP contribution in [0.3, 0.4) is 0 Å². The van der Waals surface area contributed by atoms with Crippen LogP contribution >= 0.6 is 0 Å². The molecule has 16 heavy (non-hydrogen) atoms. The highest BCUT2D eigenvalue weighted by Gasteiger charge is 2.31. The topological polar surface area (TPSA) is 52.6 Å². The minimum Gasteiger partial charge on any atom is -0.390 e. The van der Waals surface area contributed by atoms with Crippen molar-refractivity contribution in [1.82, 2.24) is 10.2 Å². The number of piperidine rings is 1. The largest absolute Gasteiger partial charge is 0.390 e. The molecule has 0 aromatic carbocycles. The molecule has 4 nitrogen and oxygen atoms in total. The molecule has 2 N–H and O–H groups in total. The first-order valence-corrected chi connectivity index (χ1v) is 6.20. The fourth-order valence-electron chi connectivity index (χ4n) is 1.95. The number of nitrogens with zero attached hydrogens (tertiary/aromatic N) is 1.